The fourth-order valence-electron chi connectivity index (χ4n) is 2.37. The molecular weight excluding hydrogens is 409 g/mol. The highest BCUT2D eigenvalue weighted by atomic mass is 79.9. The molecule has 3 rings (SSSR count). The number of ether oxygens (including phenoxy) is 1. The van der Waals surface area contributed by atoms with Crippen molar-refractivity contribution in [2.45, 2.75) is 13.5 Å². The number of hydrogen-bond acceptors (Lipinski definition) is 7. The van der Waals surface area contributed by atoms with E-state index in [1.54, 1.807) is 19.2 Å². The van der Waals surface area contributed by atoms with Crippen molar-refractivity contribution in [2.24, 2.45) is 0 Å². The molecule has 0 aliphatic heterocycles. The second-order valence-corrected chi connectivity index (χ2v) is 6.07. The lowest BCUT2D eigenvalue weighted by Crippen LogP contribution is -2.08. The van der Waals surface area contributed by atoms with Gasteiger partial charge in [-0.2, -0.15) is 0 Å². The number of fused-ring (bicyclic) bond motifs is 1. The molecule has 8 nitrogen and oxygen atoms in total. The fourth-order valence-corrected chi connectivity index (χ4v) is 2.85. The summed E-state index contributed by atoms with van der Waals surface area (Å²) in [6.45, 7) is 1.98. The van der Waals surface area contributed by atoms with Gasteiger partial charge in [-0.1, -0.05) is 0 Å². The Kier molecular flexibility index (Phi) is 4.94. The number of nitrogens with two attached hydrogens (primary N) is 1. The maximum absolute atomic E-state index is 13.6. The molecule has 1 aromatic carbocycles. The molecule has 0 radical (unpaired) electrons. The summed E-state index contributed by atoms with van der Waals surface area (Å²) < 4.78 is 20.1. The number of carbonyl (C=O) groups excluding carboxylic acids is 1. The molecule has 0 aliphatic rings. The van der Waals surface area contributed by atoms with Crippen LogP contribution in [0.25, 0.3) is 5.65 Å². The molecule has 3 aromatic rings. The van der Waals surface area contributed by atoms with E-state index in [4.69, 9.17) is 10.5 Å². The summed E-state index contributed by atoms with van der Waals surface area (Å²) >= 11 is 3.11. The molecular formula is C16H15BrFN5O3. The lowest BCUT2D eigenvalue weighted by molar-refractivity contribution is 0.0529. The van der Waals surface area contributed by atoms with Gasteiger partial charge in [0.1, 0.15) is 22.9 Å². The minimum absolute atomic E-state index is 0.0126. The van der Waals surface area contributed by atoms with E-state index in [2.05, 4.69) is 31.3 Å². The standard InChI is InChI=1S/C16H15BrFN5O3/c1-2-26-16(25)12-14(19)22-23-6-5-11(21-15(12)23)20-7-8-10(24)4-3-9(18)13(8)17/h3-6,24H,2,7H2,1H3,(H2,19,22)(H,20,21). The topological polar surface area (TPSA) is 115 Å². The normalized spacial score (nSPS) is 10.9. The number of carbonyl (C=O) groups is 1. The first-order chi connectivity index (χ1) is 12.4. The lowest BCUT2D eigenvalue weighted by Gasteiger charge is -2.10. The first-order valence-corrected chi connectivity index (χ1v) is 8.43. The molecule has 2 aromatic heterocycles. The highest BCUT2D eigenvalue weighted by molar-refractivity contribution is 9.10. The van der Waals surface area contributed by atoms with Crippen molar-refractivity contribution >= 4 is 39.2 Å². The summed E-state index contributed by atoms with van der Waals surface area (Å²) in [5, 5.41) is 16.9. The number of aromatic hydroxyl groups is 1. The third kappa shape index (κ3) is 3.27. The van der Waals surface area contributed by atoms with Gasteiger partial charge in [0.15, 0.2) is 11.5 Å². The van der Waals surface area contributed by atoms with Crippen molar-refractivity contribution in [3.63, 3.8) is 0 Å². The largest absolute Gasteiger partial charge is 0.508 e. The predicted molar refractivity (Wildman–Crippen MR) is 96.4 cm³/mol. The van der Waals surface area contributed by atoms with E-state index in [0.717, 1.165) is 6.07 Å². The van der Waals surface area contributed by atoms with E-state index in [9.17, 15) is 14.3 Å². The number of nitrogens with one attached hydrogen (secondary N) is 1. The summed E-state index contributed by atoms with van der Waals surface area (Å²) in [5.74, 6) is -0.767. The van der Waals surface area contributed by atoms with Crippen molar-refractivity contribution in [1.29, 1.82) is 0 Å². The minimum Gasteiger partial charge on any atom is -0.508 e. The number of benzene rings is 1. The maximum atomic E-state index is 13.6. The number of hydrogen-bond donors (Lipinski definition) is 3. The molecule has 26 heavy (non-hydrogen) atoms. The minimum atomic E-state index is -0.616. The molecule has 4 N–H and O–H groups in total. The number of rotatable bonds is 5. The van der Waals surface area contributed by atoms with E-state index in [1.165, 1.54) is 10.6 Å². The van der Waals surface area contributed by atoms with E-state index in [0.29, 0.717) is 11.4 Å². The molecule has 0 unspecified atom stereocenters. The monoisotopic (exact) mass is 423 g/mol. The Labute approximate surface area is 155 Å². The third-order valence-electron chi connectivity index (χ3n) is 3.61. The van der Waals surface area contributed by atoms with Gasteiger partial charge in [-0.25, -0.2) is 18.7 Å². The number of phenolic OH excluding ortho intramolecular Hbond substituents is 1. The first-order valence-electron chi connectivity index (χ1n) is 7.64. The van der Waals surface area contributed by atoms with Crippen LogP contribution in [0.2, 0.25) is 0 Å². The molecule has 10 heteroatoms. The Morgan fingerprint density at radius 1 is 1.46 bits per heavy atom. The zero-order chi connectivity index (χ0) is 18.8. The van der Waals surface area contributed by atoms with Crippen LogP contribution in [0, 0.1) is 5.82 Å². The smallest absolute Gasteiger partial charge is 0.345 e. The van der Waals surface area contributed by atoms with E-state index < -0.39 is 11.8 Å². The van der Waals surface area contributed by atoms with Gasteiger partial charge in [-0.05, 0) is 41.1 Å². The van der Waals surface area contributed by atoms with Crippen molar-refractivity contribution in [1.82, 2.24) is 14.6 Å². The Morgan fingerprint density at radius 3 is 2.96 bits per heavy atom. The summed E-state index contributed by atoms with van der Waals surface area (Å²) in [6.07, 6.45) is 1.57. The number of aromatic nitrogens is 3. The third-order valence-corrected chi connectivity index (χ3v) is 4.47. The first kappa shape index (κ1) is 17.9. The summed E-state index contributed by atoms with van der Waals surface area (Å²) in [7, 11) is 0. The quantitative estimate of drug-likeness (QED) is 0.540. The molecule has 0 saturated carbocycles. The molecule has 0 fully saturated rings. The fraction of sp³-hybridized carbons (Fsp3) is 0.188. The van der Waals surface area contributed by atoms with Gasteiger partial charge >= 0.3 is 5.97 Å². The van der Waals surface area contributed by atoms with E-state index >= 15 is 0 Å². The summed E-state index contributed by atoms with van der Waals surface area (Å²) in [6, 6.07) is 4.04. The second-order valence-electron chi connectivity index (χ2n) is 5.27. The van der Waals surface area contributed by atoms with Crippen molar-refractivity contribution < 1.29 is 19.0 Å². The van der Waals surface area contributed by atoms with Crippen LogP contribution < -0.4 is 11.1 Å². The Bertz CT molecular complexity index is 992. The number of nitrogens with zero attached hydrogens (tertiary/aromatic N) is 3. The van der Waals surface area contributed by atoms with E-state index in [1.807, 2.05) is 0 Å². The molecule has 0 spiro atoms. The Balaban J connectivity index is 1.91. The van der Waals surface area contributed by atoms with Crippen molar-refractivity contribution in [3.8, 4) is 5.75 Å². The van der Waals surface area contributed by atoms with Crippen LogP contribution in [0.3, 0.4) is 0 Å². The number of esters is 1. The number of phenols is 1. The molecule has 0 aliphatic carbocycles. The van der Waals surface area contributed by atoms with Gasteiger partial charge in [0.05, 0.1) is 11.1 Å². The molecule has 0 atom stereocenters. The van der Waals surface area contributed by atoms with Gasteiger partial charge in [0.2, 0.25) is 0 Å². The zero-order valence-corrected chi connectivity index (χ0v) is 15.2. The summed E-state index contributed by atoms with van der Waals surface area (Å²) in [4.78, 5) is 16.4. The zero-order valence-electron chi connectivity index (χ0n) is 13.7. The van der Waals surface area contributed by atoms with Gasteiger partial charge < -0.3 is 20.9 Å². The van der Waals surface area contributed by atoms with E-state index in [-0.39, 0.29) is 40.4 Å². The van der Waals surface area contributed by atoms with Gasteiger partial charge in [-0.15, -0.1) is 5.10 Å². The molecule has 2 heterocycles. The molecule has 0 saturated heterocycles. The van der Waals surface area contributed by atoms with Crippen LogP contribution >= 0.6 is 15.9 Å². The second kappa shape index (κ2) is 7.16. The Morgan fingerprint density at radius 2 is 2.23 bits per heavy atom. The lowest BCUT2D eigenvalue weighted by atomic mass is 10.2. The number of halogens is 2. The van der Waals surface area contributed by atoms with Crippen LogP contribution in [0.1, 0.15) is 22.8 Å². The van der Waals surface area contributed by atoms with Crippen LogP contribution in [-0.2, 0) is 11.3 Å². The average Bonchev–Trinajstić information content (AvgIpc) is 2.93. The SMILES string of the molecule is CCOC(=O)c1c(N)nn2ccc(NCc3c(O)ccc(F)c3Br)nc12. The number of anilines is 2. The maximum Gasteiger partial charge on any atom is 0.345 e. The van der Waals surface area contributed by atoms with Gasteiger partial charge in [-0.3, -0.25) is 0 Å². The van der Waals surface area contributed by atoms with Crippen LogP contribution in [0.4, 0.5) is 16.0 Å². The van der Waals surface area contributed by atoms with Gasteiger partial charge in [0.25, 0.3) is 0 Å². The van der Waals surface area contributed by atoms with Crippen molar-refractivity contribution in [3.05, 3.63) is 45.8 Å². The summed E-state index contributed by atoms with van der Waals surface area (Å²) in [5.41, 5.74) is 6.42. The Hall–Kier alpha value is -2.88. The average molecular weight is 424 g/mol. The van der Waals surface area contributed by atoms with Crippen molar-refractivity contribution in [2.75, 3.05) is 17.7 Å². The van der Waals surface area contributed by atoms with Gasteiger partial charge in [0, 0.05) is 18.3 Å². The number of nitrogen functional groups attached to an aromatic ring is 1. The highest BCUT2D eigenvalue weighted by Gasteiger charge is 2.21. The van der Waals surface area contributed by atoms with Crippen LogP contribution in [-0.4, -0.2) is 32.3 Å². The molecule has 0 amide bonds. The highest BCUT2D eigenvalue weighted by Crippen LogP contribution is 2.29. The van der Waals surface area contributed by atoms with Crippen LogP contribution in [0.5, 0.6) is 5.75 Å². The molecule has 0 bridgehead atoms. The molecule has 136 valence electrons. The van der Waals surface area contributed by atoms with Crippen LogP contribution in [0.15, 0.2) is 28.9 Å². The predicted octanol–water partition coefficient (Wildman–Crippen LogP) is 2.71.